The molecule has 4 nitrogen and oxygen atoms in total. The van der Waals surface area contributed by atoms with Crippen molar-refractivity contribution in [2.45, 2.75) is 45.6 Å². The van der Waals surface area contributed by atoms with Crippen LogP contribution < -0.4 is 11.3 Å². The highest BCUT2D eigenvalue weighted by Gasteiger charge is 2.31. The maximum Gasteiger partial charge on any atom is 0.254 e. The Morgan fingerprint density at radius 3 is 2.50 bits per heavy atom. The Balaban J connectivity index is 2.40. The van der Waals surface area contributed by atoms with Crippen LogP contribution in [-0.4, -0.2) is 9.97 Å². The van der Waals surface area contributed by atoms with Crippen molar-refractivity contribution < 1.29 is 0 Å². The molecule has 0 aliphatic heterocycles. The fraction of sp³-hybridized carbons (Fsp3) is 0.667. The summed E-state index contributed by atoms with van der Waals surface area (Å²) in [6.07, 6.45) is 2.30. The van der Waals surface area contributed by atoms with Crippen molar-refractivity contribution in [3.8, 4) is 0 Å². The Morgan fingerprint density at radius 2 is 2.06 bits per heavy atom. The number of hydrogen-bond donors (Lipinski definition) is 2. The van der Waals surface area contributed by atoms with Crippen LogP contribution in [-0.2, 0) is 0 Å². The van der Waals surface area contributed by atoms with Gasteiger partial charge >= 0.3 is 0 Å². The zero-order chi connectivity index (χ0) is 11.9. The number of rotatable bonds is 3. The summed E-state index contributed by atoms with van der Waals surface area (Å²) in [5, 5.41) is 0. The third-order valence-corrected chi connectivity index (χ3v) is 3.19. The van der Waals surface area contributed by atoms with Gasteiger partial charge in [-0.1, -0.05) is 13.8 Å². The van der Waals surface area contributed by atoms with Crippen molar-refractivity contribution in [2.24, 2.45) is 11.7 Å². The van der Waals surface area contributed by atoms with E-state index >= 15 is 0 Å². The second-order valence-corrected chi connectivity index (χ2v) is 4.97. The first-order valence-electron chi connectivity index (χ1n) is 5.87. The molecule has 0 bridgehead atoms. The molecule has 1 heterocycles. The largest absolute Gasteiger partial charge is 0.321 e. The average Bonchev–Trinajstić information content (AvgIpc) is 2.97. The van der Waals surface area contributed by atoms with Crippen LogP contribution in [0.15, 0.2) is 4.79 Å². The van der Waals surface area contributed by atoms with Gasteiger partial charge in [-0.3, -0.25) is 4.79 Å². The molecule has 1 unspecified atom stereocenters. The lowest BCUT2D eigenvalue weighted by Crippen LogP contribution is -2.25. The lowest BCUT2D eigenvalue weighted by Gasteiger charge is -2.13. The number of H-pyrrole nitrogens is 1. The molecule has 0 spiro atoms. The molecule has 88 valence electrons. The van der Waals surface area contributed by atoms with Crippen LogP contribution in [0.4, 0.5) is 0 Å². The molecular weight excluding hydrogens is 202 g/mol. The fourth-order valence-corrected chi connectivity index (χ4v) is 2.13. The van der Waals surface area contributed by atoms with Crippen molar-refractivity contribution in [2.75, 3.05) is 0 Å². The van der Waals surface area contributed by atoms with Crippen LogP contribution in [0, 0.1) is 12.8 Å². The Bertz CT molecular complexity index is 446. The number of aryl methyl sites for hydroxylation is 1. The van der Waals surface area contributed by atoms with Crippen LogP contribution in [0.25, 0.3) is 0 Å². The molecule has 16 heavy (non-hydrogen) atoms. The van der Waals surface area contributed by atoms with E-state index in [1.807, 2.05) is 20.8 Å². The van der Waals surface area contributed by atoms with Gasteiger partial charge < -0.3 is 10.7 Å². The minimum Gasteiger partial charge on any atom is -0.321 e. The van der Waals surface area contributed by atoms with Crippen molar-refractivity contribution in [1.82, 2.24) is 9.97 Å². The molecule has 1 aliphatic carbocycles. The summed E-state index contributed by atoms with van der Waals surface area (Å²) in [4.78, 5) is 19.2. The van der Waals surface area contributed by atoms with E-state index in [1.54, 1.807) is 0 Å². The molecule has 1 fully saturated rings. The molecule has 0 radical (unpaired) electrons. The van der Waals surface area contributed by atoms with Gasteiger partial charge in [0.2, 0.25) is 0 Å². The van der Waals surface area contributed by atoms with Gasteiger partial charge in [-0.05, 0) is 31.6 Å². The van der Waals surface area contributed by atoms with Gasteiger partial charge in [0, 0.05) is 11.3 Å². The van der Waals surface area contributed by atoms with E-state index in [2.05, 4.69) is 9.97 Å². The van der Waals surface area contributed by atoms with Crippen LogP contribution in [0.5, 0.6) is 0 Å². The van der Waals surface area contributed by atoms with Crippen molar-refractivity contribution in [3.05, 3.63) is 27.4 Å². The summed E-state index contributed by atoms with van der Waals surface area (Å²) in [6, 6.07) is -0.104. The molecule has 1 atom stereocenters. The number of nitrogens with two attached hydrogens (primary N) is 1. The highest BCUT2D eigenvalue weighted by molar-refractivity contribution is 5.21. The SMILES string of the molecule is Cc1nc(C(N)C2CC2)[nH]c(=O)c1C(C)C. The average molecular weight is 221 g/mol. The van der Waals surface area contributed by atoms with Gasteiger partial charge in [-0.15, -0.1) is 0 Å². The lowest BCUT2D eigenvalue weighted by atomic mass is 10.0. The quantitative estimate of drug-likeness (QED) is 0.814. The van der Waals surface area contributed by atoms with Crippen LogP contribution in [0.2, 0.25) is 0 Å². The van der Waals surface area contributed by atoms with Gasteiger partial charge in [0.05, 0.1) is 6.04 Å². The fourth-order valence-electron chi connectivity index (χ4n) is 2.13. The molecule has 0 amide bonds. The summed E-state index contributed by atoms with van der Waals surface area (Å²) >= 11 is 0. The lowest BCUT2D eigenvalue weighted by molar-refractivity contribution is 0.584. The maximum absolute atomic E-state index is 11.9. The smallest absolute Gasteiger partial charge is 0.254 e. The Kier molecular flexibility index (Phi) is 2.84. The predicted octanol–water partition coefficient (Wildman–Crippen LogP) is 1.61. The second kappa shape index (κ2) is 4.01. The minimum absolute atomic E-state index is 0.0337. The second-order valence-electron chi connectivity index (χ2n) is 4.97. The monoisotopic (exact) mass is 221 g/mol. The van der Waals surface area contributed by atoms with E-state index < -0.39 is 0 Å². The highest BCUT2D eigenvalue weighted by atomic mass is 16.1. The summed E-state index contributed by atoms with van der Waals surface area (Å²) in [6.45, 7) is 5.88. The van der Waals surface area contributed by atoms with Crippen molar-refractivity contribution in [3.63, 3.8) is 0 Å². The van der Waals surface area contributed by atoms with Gasteiger partial charge in [-0.2, -0.15) is 0 Å². The van der Waals surface area contributed by atoms with E-state index in [0.717, 1.165) is 24.1 Å². The molecule has 3 N–H and O–H groups in total. The molecule has 1 aromatic heterocycles. The Labute approximate surface area is 95.3 Å². The number of aromatic nitrogens is 2. The van der Waals surface area contributed by atoms with Gasteiger partial charge in [0.25, 0.3) is 5.56 Å². The van der Waals surface area contributed by atoms with E-state index in [-0.39, 0.29) is 17.5 Å². The van der Waals surface area contributed by atoms with E-state index in [9.17, 15) is 4.79 Å². The van der Waals surface area contributed by atoms with Crippen LogP contribution >= 0.6 is 0 Å². The Morgan fingerprint density at radius 1 is 1.44 bits per heavy atom. The third-order valence-electron chi connectivity index (χ3n) is 3.19. The molecule has 1 aromatic rings. The first-order chi connectivity index (χ1) is 7.50. The van der Waals surface area contributed by atoms with Crippen molar-refractivity contribution in [1.29, 1.82) is 0 Å². The topological polar surface area (TPSA) is 71.8 Å². The standard InChI is InChI=1S/C12H19N3O/c1-6(2)9-7(3)14-11(15-12(9)16)10(13)8-4-5-8/h6,8,10H,4-5,13H2,1-3H3,(H,14,15,16). The molecule has 0 aromatic carbocycles. The zero-order valence-electron chi connectivity index (χ0n) is 10.1. The first-order valence-corrected chi connectivity index (χ1v) is 5.87. The normalized spacial score (nSPS) is 17.8. The van der Waals surface area contributed by atoms with Crippen molar-refractivity contribution >= 4 is 0 Å². The number of nitrogens with one attached hydrogen (secondary N) is 1. The summed E-state index contributed by atoms with van der Waals surface area (Å²) in [5.41, 5.74) is 7.58. The van der Waals surface area contributed by atoms with Crippen LogP contribution in [0.1, 0.15) is 55.7 Å². The summed E-state index contributed by atoms with van der Waals surface area (Å²) in [5.74, 6) is 1.35. The molecule has 2 rings (SSSR count). The first kappa shape index (κ1) is 11.3. The maximum atomic E-state index is 11.9. The number of nitrogens with zero attached hydrogens (tertiary/aromatic N) is 1. The number of aromatic amines is 1. The van der Waals surface area contributed by atoms with Gasteiger partial charge in [0.15, 0.2) is 0 Å². The van der Waals surface area contributed by atoms with E-state index in [0.29, 0.717) is 11.7 Å². The number of hydrogen-bond acceptors (Lipinski definition) is 3. The van der Waals surface area contributed by atoms with Crippen LogP contribution in [0.3, 0.4) is 0 Å². The molecular formula is C12H19N3O. The minimum atomic E-state index is -0.104. The molecule has 1 saturated carbocycles. The Hall–Kier alpha value is -1.16. The zero-order valence-corrected chi connectivity index (χ0v) is 10.1. The van der Waals surface area contributed by atoms with E-state index in [1.165, 1.54) is 0 Å². The highest BCUT2D eigenvalue weighted by Crippen LogP contribution is 2.38. The third kappa shape index (κ3) is 2.02. The molecule has 0 saturated heterocycles. The molecule has 1 aliphatic rings. The van der Waals surface area contributed by atoms with Gasteiger partial charge in [-0.25, -0.2) is 4.98 Å². The summed E-state index contributed by atoms with van der Waals surface area (Å²) < 4.78 is 0. The van der Waals surface area contributed by atoms with E-state index in [4.69, 9.17) is 5.73 Å². The predicted molar refractivity (Wildman–Crippen MR) is 63.3 cm³/mol. The summed E-state index contributed by atoms with van der Waals surface area (Å²) in [7, 11) is 0. The van der Waals surface area contributed by atoms with Gasteiger partial charge in [0.1, 0.15) is 5.82 Å². The molecule has 4 heteroatoms.